The van der Waals surface area contributed by atoms with Crippen molar-refractivity contribution in [3.05, 3.63) is 5.69 Å². The van der Waals surface area contributed by atoms with Crippen molar-refractivity contribution in [1.82, 2.24) is 9.78 Å². The molecule has 0 radical (unpaired) electrons. The van der Waals surface area contributed by atoms with Crippen molar-refractivity contribution in [2.45, 2.75) is 39.7 Å². The molecule has 1 heterocycles. The molecule has 2 atom stereocenters. The lowest BCUT2D eigenvalue weighted by molar-refractivity contribution is 0.199. The summed E-state index contributed by atoms with van der Waals surface area (Å²) in [5.74, 6) is 1.92. The summed E-state index contributed by atoms with van der Waals surface area (Å²) in [4.78, 5) is 0. The summed E-state index contributed by atoms with van der Waals surface area (Å²) in [7, 11) is 0. The number of hydrogen-bond donors (Lipinski definition) is 3. The largest absolute Gasteiger partial charge is 0.396 e. The lowest BCUT2D eigenvalue weighted by Gasteiger charge is -2.19. The fraction of sp³-hybridized carbons (Fsp3) is 0.769. The van der Waals surface area contributed by atoms with E-state index in [0.29, 0.717) is 18.4 Å². The van der Waals surface area contributed by atoms with Gasteiger partial charge in [-0.1, -0.05) is 6.42 Å². The van der Waals surface area contributed by atoms with E-state index in [2.05, 4.69) is 17.3 Å². The average molecular weight is 252 g/mol. The Morgan fingerprint density at radius 1 is 1.44 bits per heavy atom. The predicted molar refractivity (Wildman–Crippen MR) is 73.5 cm³/mol. The number of anilines is 2. The van der Waals surface area contributed by atoms with Crippen LogP contribution in [0.15, 0.2) is 0 Å². The molecule has 0 bridgehead atoms. The van der Waals surface area contributed by atoms with Gasteiger partial charge in [0.25, 0.3) is 0 Å². The number of nitrogens with one attached hydrogen (secondary N) is 1. The van der Waals surface area contributed by atoms with Gasteiger partial charge in [0.15, 0.2) is 0 Å². The zero-order valence-electron chi connectivity index (χ0n) is 11.3. The predicted octanol–water partition coefficient (Wildman–Crippen LogP) is 1.61. The van der Waals surface area contributed by atoms with Gasteiger partial charge in [0, 0.05) is 19.7 Å². The highest BCUT2D eigenvalue weighted by Gasteiger charge is 2.26. The zero-order valence-corrected chi connectivity index (χ0v) is 11.3. The zero-order chi connectivity index (χ0) is 13.1. The van der Waals surface area contributed by atoms with E-state index in [4.69, 9.17) is 5.73 Å². The van der Waals surface area contributed by atoms with Crippen LogP contribution in [0, 0.1) is 18.8 Å². The summed E-state index contributed by atoms with van der Waals surface area (Å²) < 4.78 is 1.91. The summed E-state index contributed by atoms with van der Waals surface area (Å²) in [5, 5.41) is 17.1. The highest BCUT2D eigenvalue weighted by atomic mass is 16.3. The smallest absolute Gasteiger partial charge is 0.148 e. The van der Waals surface area contributed by atoms with E-state index < -0.39 is 0 Å². The summed E-state index contributed by atoms with van der Waals surface area (Å²) in [6, 6.07) is 0. The molecule has 0 saturated heterocycles. The van der Waals surface area contributed by atoms with Gasteiger partial charge in [0.05, 0.1) is 11.4 Å². The molecular formula is C13H24N4O. The molecule has 4 N–H and O–H groups in total. The molecule has 0 amide bonds. The molecule has 1 aromatic heterocycles. The lowest BCUT2D eigenvalue weighted by atomic mass is 9.97. The van der Waals surface area contributed by atoms with Gasteiger partial charge < -0.3 is 16.2 Å². The van der Waals surface area contributed by atoms with Gasteiger partial charge in [0.2, 0.25) is 0 Å². The van der Waals surface area contributed by atoms with Crippen molar-refractivity contribution in [2.24, 2.45) is 11.8 Å². The third kappa shape index (κ3) is 2.46. The van der Waals surface area contributed by atoms with Crippen molar-refractivity contribution in [3.63, 3.8) is 0 Å². The topological polar surface area (TPSA) is 76.1 Å². The number of aromatic nitrogens is 2. The number of nitrogens with two attached hydrogens (primary N) is 1. The summed E-state index contributed by atoms with van der Waals surface area (Å²) in [5.41, 5.74) is 7.66. The van der Waals surface area contributed by atoms with Crippen LogP contribution >= 0.6 is 0 Å². The third-order valence-electron chi connectivity index (χ3n) is 4.06. The molecule has 1 aliphatic carbocycles. The van der Waals surface area contributed by atoms with E-state index in [9.17, 15) is 5.11 Å². The molecule has 1 aliphatic rings. The Hall–Kier alpha value is -1.23. The van der Waals surface area contributed by atoms with Crippen LogP contribution in [0.3, 0.4) is 0 Å². The molecule has 1 saturated carbocycles. The lowest BCUT2D eigenvalue weighted by Crippen LogP contribution is -2.22. The van der Waals surface area contributed by atoms with Crippen LogP contribution in [0.1, 0.15) is 31.9 Å². The van der Waals surface area contributed by atoms with Crippen molar-refractivity contribution < 1.29 is 5.11 Å². The number of nitrogens with zero attached hydrogens (tertiary/aromatic N) is 2. The maximum absolute atomic E-state index is 9.32. The summed E-state index contributed by atoms with van der Waals surface area (Å²) >= 11 is 0. The van der Waals surface area contributed by atoms with Crippen LogP contribution < -0.4 is 11.1 Å². The van der Waals surface area contributed by atoms with Gasteiger partial charge in [-0.2, -0.15) is 5.10 Å². The molecule has 0 aliphatic heterocycles. The molecule has 5 nitrogen and oxygen atoms in total. The molecule has 1 aromatic rings. The van der Waals surface area contributed by atoms with Crippen LogP contribution in [0.25, 0.3) is 0 Å². The van der Waals surface area contributed by atoms with Crippen molar-refractivity contribution in [1.29, 1.82) is 0 Å². The highest BCUT2D eigenvalue weighted by molar-refractivity contribution is 5.64. The van der Waals surface area contributed by atoms with E-state index in [1.165, 1.54) is 12.8 Å². The molecule has 2 unspecified atom stereocenters. The van der Waals surface area contributed by atoms with Gasteiger partial charge in [-0.05, 0) is 38.5 Å². The average Bonchev–Trinajstić information content (AvgIpc) is 2.93. The van der Waals surface area contributed by atoms with Crippen LogP contribution in [0.4, 0.5) is 11.5 Å². The van der Waals surface area contributed by atoms with Crippen LogP contribution in [0.2, 0.25) is 0 Å². The number of hydrogen-bond acceptors (Lipinski definition) is 4. The molecule has 102 valence electrons. The summed E-state index contributed by atoms with van der Waals surface area (Å²) in [6.07, 6.45) is 3.56. The Bertz CT molecular complexity index is 402. The maximum atomic E-state index is 9.32. The molecule has 0 spiro atoms. The van der Waals surface area contributed by atoms with Gasteiger partial charge in [-0.3, -0.25) is 0 Å². The molecule has 2 rings (SSSR count). The second kappa shape index (κ2) is 5.61. The minimum absolute atomic E-state index is 0.300. The summed E-state index contributed by atoms with van der Waals surface area (Å²) in [6.45, 7) is 5.98. The highest BCUT2D eigenvalue weighted by Crippen LogP contribution is 2.32. The van der Waals surface area contributed by atoms with E-state index in [1.54, 1.807) is 0 Å². The van der Waals surface area contributed by atoms with Crippen LogP contribution in [-0.2, 0) is 6.54 Å². The van der Waals surface area contributed by atoms with Gasteiger partial charge in [-0.15, -0.1) is 0 Å². The Morgan fingerprint density at radius 3 is 2.83 bits per heavy atom. The first kappa shape index (κ1) is 13.2. The minimum atomic E-state index is 0.300. The molecular weight excluding hydrogens is 228 g/mol. The number of rotatable bonds is 5. The quantitative estimate of drug-likeness (QED) is 0.744. The number of aliphatic hydroxyl groups excluding tert-OH is 1. The molecule has 18 heavy (non-hydrogen) atoms. The van der Waals surface area contributed by atoms with Crippen LogP contribution in [-0.4, -0.2) is 28.0 Å². The fourth-order valence-electron chi connectivity index (χ4n) is 2.86. The SMILES string of the molecule is CCn1nc(C)c(N)c1NCC1CCCC1CO. The second-order valence-corrected chi connectivity index (χ2v) is 5.18. The number of nitrogen functional groups attached to an aromatic ring is 1. The van der Waals surface area contributed by atoms with E-state index in [-0.39, 0.29) is 0 Å². The molecule has 1 fully saturated rings. The van der Waals surface area contributed by atoms with Crippen molar-refractivity contribution in [2.75, 3.05) is 24.2 Å². The second-order valence-electron chi connectivity index (χ2n) is 5.18. The Morgan fingerprint density at radius 2 is 2.17 bits per heavy atom. The Kier molecular flexibility index (Phi) is 4.11. The molecule has 5 heteroatoms. The Balaban J connectivity index is 2.01. The van der Waals surface area contributed by atoms with Gasteiger partial charge >= 0.3 is 0 Å². The maximum Gasteiger partial charge on any atom is 0.148 e. The van der Waals surface area contributed by atoms with Crippen molar-refractivity contribution >= 4 is 11.5 Å². The molecule has 0 aromatic carbocycles. The first-order valence-electron chi connectivity index (χ1n) is 6.85. The fourth-order valence-corrected chi connectivity index (χ4v) is 2.86. The minimum Gasteiger partial charge on any atom is -0.396 e. The monoisotopic (exact) mass is 252 g/mol. The van der Waals surface area contributed by atoms with E-state index >= 15 is 0 Å². The first-order chi connectivity index (χ1) is 8.67. The normalized spacial score (nSPS) is 23.5. The third-order valence-corrected chi connectivity index (χ3v) is 4.06. The Labute approximate surface area is 108 Å². The van der Waals surface area contributed by atoms with E-state index in [1.807, 2.05) is 11.6 Å². The van der Waals surface area contributed by atoms with Gasteiger partial charge in [-0.25, -0.2) is 4.68 Å². The van der Waals surface area contributed by atoms with Gasteiger partial charge in [0.1, 0.15) is 5.82 Å². The number of aryl methyl sites for hydroxylation is 2. The van der Waals surface area contributed by atoms with E-state index in [0.717, 1.165) is 36.7 Å². The standard InChI is InChI=1S/C13H24N4O/c1-3-17-13(12(14)9(2)16-17)15-7-10-5-4-6-11(10)8-18/h10-11,15,18H,3-8,14H2,1-2H3. The first-order valence-corrected chi connectivity index (χ1v) is 6.85. The number of aliphatic hydroxyl groups is 1. The van der Waals surface area contributed by atoms with Crippen molar-refractivity contribution in [3.8, 4) is 0 Å². The van der Waals surface area contributed by atoms with Crippen LogP contribution in [0.5, 0.6) is 0 Å².